The van der Waals surface area contributed by atoms with Crippen LogP contribution in [0.15, 0.2) is 54.9 Å². The van der Waals surface area contributed by atoms with Crippen molar-refractivity contribution < 1.29 is 9.53 Å². The second-order valence-electron chi connectivity index (χ2n) is 6.49. The Hall–Kier alpha value is -2.24. The molecule has 1 aromatic heterocycles. The molecular formula is C20H25N3O2. The van der Waals surface area contributed by atoms with E-state index in [1.807, 2.05) is 25.1 Å². The largest absolute Gasteiger partial charge is 0.375 e. The fraction of sp³-hybridized carbons (Fsp3) is 0.400. The molecule has 1 N–H and O–H groups in total. The highest BCUT2D eigenvalue weighted by atomic mass is 16.5. The van der Waals surface area contributed by atoms with Crippen LogP contribution in [0.2, 0.25) is 0 Å². The van der Waals surface area contributed by atoms with Gasteiger partial charge in [-0.05, 0) is 30.2 Å². The Morgan fingerprint density at radius 2 is 2.04 bits per heavy atom. The summed E-state index contributed by atoms with van der Waals surface area (Å²) < 4.78 is 5.79. The van der Waals surface area contributed by atoms with Gasteiger partial charge in [-0.3, -0.25) is 14.7 Å². The first-order valence-corrected chi connectivity index (χ1v) is 8.78. The van der Waals surface area contributed by atoms with Crippen LogP contribution in [0.1, 0.15) is 30.5 Å². The first-order chi connectivity index (χ1) is 12.2. The standard InChI is InChI=1S/C20H25N3O2/c1-16(18-7-9-21-10-8-18)22-20(24)13-19-15-23(11-12-25-19)14-17-5-3-2-4-6-17/h2-10,16,19H,11-15H2,1H3,(H,22,24). The number of ether oxygens (including phenoxy) is 1. The van der Waals surface area contributed by atoms with Crippen molar-refractivity contribution in [3.05, 3.63) is 66.0 Å². The van der Waals surface area contributed by atoms with Gasteiger partial charge in [-0.15, -0.1) is 0 Å². The normalized spacial score (nSPS) is 19.3. The highest BCUT2D eigenvalue weighted by Crippen LogP contribution is 2.14. The van der Waals surface area contributed by atoms with E-state index in [1.54, 1.807) is 12.4 Å². The molecule has 132 valence electrons. The van der Waals surface area contributed by atoms with E-state index in [9.17, 15) is 4.79 Å². The zero-order valence-corrected chi connectivity index (χ0v) is 14.6. The lowest BCUT2D eigenvalue weighted by Gasteiger charge is -2.33. The van der Waals surface area contributed by atoms with Crippen LogP contribution in [0.5, 0.6) is 0 Å². The van der Waals surface area contributed by atoms with Crippen LogP contribution in [0.25, 0.3) is 0 Å². The number of carbonyl (C=O) groups excluding carboxylic acids is 1. The second-order valence-corrected chi connectivity index (χ2v) is 6.49. The van der Waals surface area contributed by atoms with E-state index in [4.69, 9.17) is 4.74 Å². The number of carbonyl (C=O) groups is 1. The van der Waals surface area contributed by atoms with Crippen molar-refractivity contribution in [3.8, 4) is 0 Å². The van der Waals surface area contributed by atoms with E-state index in [0.717, 1.165) is 25.2 Å². The van der Waals surface area contributed by atoms with Gasteiger partial charge in [0.05, 0.1) is 25.2 Å². The molecule has 1 saturated heterocycles. The predicted molar refractivity (Wildman–Crippen MR) is 96.9 cm³/mol. The average molecular weight is 339 g/mol. The molecule has 2 heterocycles. The van der Waals surface area contributed by atoms with Gasteiger partial charge in [-0.1, -0.05) is 30.3 Å². The molecular weight excluding hydrogens is 314 g/mol. The summed E-state index contributed by atoms with van der Waals surface area (Å²) in [5.74, 6) is 0.0240. The molecule has 1 aliphatic rings. The van der Waals surface area contributed by atoms with Crippen LogP contribution in [-0.2, 0) is 16.1 Å². The number of hydrogen-bond acceptors (Lipinski definition) is 4. The Morgan fingerprint density at radius 1 is 1.28 bits per heavy atom. The van der Waals surface area contributed by atoms with Gasteiger partial charge < -0.3 is 10.1 Å². The minimum absolute atomic E-state index is 0.0240. The van der Waals surface area contributed by atoms with Crippen molar-refractivity contribution in [2.24, 2.45) is 0 Å². The molecule has 0 aliphatic carbocycles. The first kappa shape index (κ1) is 17.6. The third-order valence-corrected chi connectivity index (χ3v) is 4.47. The molecule has 0 radical (unpaired) electrons. The summed E-state index contributed by atoms with van der Waals surface area (Å²) in [5.41, 5.74) is 2.34. The van der Waals surface area contributed by atoms with E-state index in [0.29, 0.717) is 13.0 Å². The fourth-order valence-electron chi connectivity index (χ4n) is 3.13. The van der Waals surface area contributed by atoms with Crippen LogP contribution in [0.4, 0.5) is 0 Å². The lowest BCUT2D eigenvalue weighted by atomic mass is 10.1. The average Bonchev–Trinajstić information content (AvgIpc) is 2.63. The van der Waals surface area contributed by atoms with Crippen molar-refractivity contribution in [2.45, 2.75) is 32.0 Å². The summed E-state index contributed by atoms with van der Waals surface area (Å²) >= 11 is 0. The summed E-state index contributed by atoms with van der Waals surface area (Å²) in [6.07, 6.45) is 3.82. The highest BCUT2D eigenvalue weighted by Gasteiger charge is 2.23. The maximum absolute atomic E-state index is 12.3. The monoisotopic (exact) mass is 339 g/mol. The second kappa shape index (κ2) is 8.74. The van der Waals surface area contributed by atoms with E-state index in [1.165, 1.54) is 5.56 Å². The molecule has 1 amide bonds. The first-order valence-electron chi connectivity index (χ1n) is 8.78. The molecule has 0 saturated carbocycles. The van der Waals surface area contributed by atoms with Crippen LogP contribution >= 0.6 is 0 Å². The maximum Gasteiger partial charge on any atom is 0.223 e. The number of pyridine rings is 1. The van der Waals surface area contributed by atoms with Gasteiger partial charge in [-0.25, -0.2) is 0 Å². The molecule has 3 rings (SSSR count). The molecule has 0 spiro atoms. The quantitative estimate of drug-likeness (QED) is 0.879. The van der Waals surface area contributed by atoms with E-state index in [-0.39, 0.29) is 18.1 Å². The van der Waals surface area contributed by atoms with Gasteiger partial charge in [0.15, 0.2) is 0 Å². The number of amides is 1. The zero-order chi connectivity index (χ0) is 17.5. The summed E-state index contributed by atoms with van der Waals surface area (Å²) in [7, 11) is 0. The Morgan fingerprint density at radius 3 is 2.80 bits per heavy atom. The molecule has 5 nitrogen and oxygen atoms in total. The van der Waals surface area contributed by atoms with Gasteiger partial charge in [0.25, 0.3) is 0 Å². The van der Waals surface area contributed by atoms with Crippen LogP contribution in [0, 0.1) is 0 Å². The summed E-state index contributed by atoms with van der Waals surface area (Å²) in [5, 5.41) is 3.04. The van der Waals surface area contributed by atoms with Gasteiger partial charge >= 0.3 is 0 Å². The fourth-order valence-corrected chi connectivity index (χ4v) is 3.13. The summed E-state index contributed by atoms with van der Waals surface area (Å²) in [6.45, 7) is 5.24. The zero-order valence-electron chi connectivity index (χ0n) is 14.6. The minimum atomic E-state index is -0.0536. The number of hydrogen-bond donors (Lipinski definition) is 1. The SMILES string of the molecule is CC(NC(=O)CC1CN(Cc2ccccc2)CCO1)c1ccncc1. The number of nitrogens with zero attached hydrogens (tertiary/aromatic N) is 2. The summed E-state index contributed by atoms with van der Waals surface area (Å²) in [4.78, 5) is 18.7. The summed E-state index contributed by atoms with van der Waals surface area (Å²) in [6, 6.07) is 14.2. The molecule has 5 heteroatoms. The molecule has 25 heavy (non-hydrogen) atoms. The minimum Gasteiger partial charge on any atom is -0.375 e. The van der Waals surface area contributed by atoms with E-state index >= 15 is 0 Å². The number of benzene rings is 1. The van der Waals surface area contributed by atoms with Gasteiger partial charge in [0.2, 0.25) is 5.91 Å². The topological polar surface area (TPSA) is 54.5 Å². The highest BCUT2D eigenvalue weighted by molar-refractivity contribution is 5.77. The number of morpholine rings is 1. The van der Waals surface area contributed by atoms with Crippen LogP contribution < -0.4 is 5.32 Å². The molecule has 2 aromatic rings. The number of aromatic nitrogens is 1. The van der Waals surface area contributed by atoms with Gasteiger partial charge in [0, 0.05) is 32.0 Å². The lowest BCUT2D eigenvalue weighted by molar-refractivity contribution is -0.126. The van der Waals surface area contributed by atoms with Crippen LogP contribution in [-0.4, -0.2) is 41.6 Å². The predicted octanol–water partition coefficient (Wildman–Crippen LogP) is 2.55. The third-order valence-electron chi connectivity index (χ3n) is 4.47. The van der Waals surface area contributed by atoms with E-state index < -0.39 is 0 Å². The van der Waals surface area contributed by atoms with Gasteiger partial charge in [0.1, 0.15) is 0 Å². The van der Waals surface area contributed by atoms with Crippen molar-refractivity contribution >= 4 is 5.91 Å². The molecule has 2 unspecified atom stereocenters. The Kier molecular flexibility index (Phi) is 6.14. The third kappa shape index (κ3) is 5.37. The van der Waals surface area contributed by atoms with Crippen molar-refractivity contribution in [1.82, 2.24) is 15.2 Å². The molecule has 1 aromatic carbocycles. The Labute approximate surface area is 149 Å². The molecule has 0 bridgehead atoms. The molecule has 2 atom stereocenters. The number of nitrogens with one attached hydrogen (secondary N) is 1. The van der Waals surface area contributed by atoms with Crippen LogP contribution in [0.3, 0.4) is 0 Å². The van der Waals surface area contributed by atoms with Crippen molar-refractivity contribution in [1.29, 1.82) is 0 Å². The molecule has 1 aliphatic heterocycles. The van der Waals surface area contributed by atoms with Gasteiger partial charge in [-0.2, -0.15) is 0 Å². The lowest BCUT2D eigenvalue weighted by Crippen LogP contribution is -2.44. The maximum atomic E-state index is 12.3. The molecule has 1 fully saturated rings. The smallest absolute Gasteiger partial charge is 0.223 e. The Balaban J connectivity index is 1.48. The number of rotatable bonds is 6. The van der Waals surface area contributed by atoms with E-state index in [2.05, 4.69) is 39.5 Å². The van der Waals surface area contributed by atoms with Crippen molar-refractivity contribution in [3.63, 3.8) is 0 Å². The Bertz CT molecular complexity index is 663. The van der Waals surface area contributed by atoms with Crippen molar-refractivity contribution in [2.75, 3.05) is 19.7 Å².